The van der Waals surface area contributed by atoms with Crippen LogP contribution >= 0.6 is 15.9 Å². The molecule has 0 radical (unpaired) electrons. The van der Waals surface area contributed by atoms with Gasteiger partial charge in [0, 0.05) is 32.7 Å². The molecule has 2 aliphatic rings. The van der Waals surface area contributed by atoms with Crippen molar-refractivity contribution in [2.45, 2.75) is 45.2 Å². The van der Waals surface area contributed by atoms with Gasteiger partial charge in [-0.05, 0) is 54.7 Å². The Morgan fingerprint density at radius 1 is 1.25 bits per heavy atom. The van der Waals surface area contributed by atoms with Crippen molar-refractivity contribution in [1.82, 2.24) is 19.6 Å². The molecule has 2 fully saturated rings. The van der Waals surface area contributed by atoms with E-state index in [0.717, 1.165) is 19.0 Å². The molecule has 0 saturated carbocycles. The van der Waals surface area contributed by atoms with Crippen molar-refractivity contribution in [3.8, 4) is 0 Å². The van der Waals surface area contributed by atoms with Gasteiger partial charge in [-0.2, -0.15) is 5.10 Å². The van der Waals surface area contributed by atoms with E-state index in [9.17, 15) is 0 Å². The van der Waals surface area contributed by atoms with Crippen molar-refractivity contribution in [3.05, 3.63) is 15.9 Å². The lowest BCUT2D eigenvalue weighted by molar-refractivity contribution is 0.228. The fraction of sp³-hybridized carbons (Fsp3) is 0.800. The van der Waals surface area contributed by atoms with Gasteiger partial charge >= 0.3 is 0 Å². The molecule has 1 atom stereocenters. The van der Waals surface area contributed by atoms with Crippen LogP contribution in [0.4, 0.5) is 0 Å². The molecule has 2 saturated heterocycles. The highest BCUT2D eigenvalue weighted by molar-refractivity contribution is 9.10. The monoisotopic (exact) mass is 340 g/mol. The molecule has 1 unspecified atom stereocenters. The van der Waals surface area contributed by atoms with Crippen molar-refractivity contribution >= 4 is 15.9 Å². The molecule has 0 bridgehead atoms. The average molecular weight is 341 g/mol. The van der Waals surface area contributed by atoms with Gasteiger partial charge in [-0.25, -0.2) is 0 Å². The smallest absolute Gasteiger partial charge is 0.0767 e. The molecule has 1 aromatic rings. The van der Waals surface area contributed by atoms with Crippen LogP contribution in [0.15, 0.2) is 4.47 Å². The highest BCUT2D eigenvalue weighted by atomic mass is 79.9. The summed E-state index contributed by atoms with van der Waals surface area (Å²) in [6, 6.07) is 0.787. The lowest BCUT2D eigenvalue weighted by Crippen LogP contribution is -2.35. The standard InChI is InChI=1S/C15H25BrN4/c1-3-13-15(16)14(18(2)17-13)11-19-9-6-12(10-19)20-7-4-5-8-20/h12H,3-11H2,1-2H3. The fourth-order valence-electron chi connectivity index (χ4n) is 3.56. The summed E-state index contributed by atoms with van der Waals surface area (Å²) in [4.78, 5) is 5.28. The first kappa shape index (κ1) is 14.5. The molecule has 5 heteroatoms. The van der Waals surface area contributed by atoms with Gasteiger partial charge in [0.25, 0.3) is 0 Å². The molecule has 0 aliphatic carbocycles. The fourth-order valence-corrected chi connectivity index (χ4v) is 4.31. The first-order valence-electron chi connectivity index (χ1n) is 7.85. The van der Waals surface area contributed by atoms with Crippen LogP contribution < -0.4 is 0 Å². The molecule has 4 nitrogen and oxygen atoms in total. The predicted octanol–water partition coefficient (Wildman–Crippen LogP) is 2.42. The third-order valence-corrected chi connectivity index (χ3v) is 5.70. The molecular weight excluding hydrogens is 316 g/mol. The molecular formula is C15H25BrN4. The predicted molar refractivity (Wildman–Crippen MR) is 84.8 cm³/mol. The molecule has 112 valence electrons. The number of hydrogen-bond acceptors (Lipinski definition) is 3. The van der Waals surface area contributed by atoms with Crippen molar-refractivity contribution in [2.24, 2.45) is 7.05 Å². The Hall–Kier alpha value is -0.390. The number of likely N-dealkylation sites (tertiary alicyclic amines) is 2. The highest BCUT2D eigenvalue weighted by Crippen LogP contribution is 2.26. The molecule has 3 rings (SSSR count). The number of hydrogen-bond donors (Lipinski definition) is 0. The number of halogens is 1. The van der Waals surface area contributed by atoms with Crippen molar-refractivity contribution < 1.29 is 0 Å². The van der Waals surface area contributed by atoms with E-state index in [1.54, 1.807) is 0 Å². The van der Waals surface area contributed by atoms with Gasteiger partial charge in [0.05, 0.1) is 15.9 Å². The second kappa shape index (κ2) is 6.16. The second-order valence-electron chi connectivity index (χ2n) is 6.11. The SMILES string of the molecule is CCc1nn(C)c(CN2CCC(N3CCCC3)C2)c1Br. The maximum atomic E-state index is 4.60. The zero-order valence-electron chi connectivity index (χ0n) is 12.6. The molecule has 2 aliphatic heterocycles. The first-order valence-corrected chi connectivity index (χ1v) is 8.65. The summed E-state index contributed by atoms with van der Waals surface area (Å²) in [5.74, 6) is 0. The van der Waals surface area contributed by atoms with E-state index in [-0.39, 0.29) is 0 Å². The Morgan fingerprint density at radius 3 is 2.65 bits per heavy atom. The van der Waals surface area contributed by atoms with Crippen LogP contribution in [0.25, 0.3) is 0 Å². The van der Waals surface area contributed by atoms with E-state index in [4.69, 9.17) is 0 Å². The quantitative estimate of drug-likeness (QED) is 0.841. The third-order valence-electron chi connectivity index (χ3n) is 4.78. The normalized spacial score (nSPS) is 24.9. The number of nitrogens with zero attached hydrogens (tertiary/aromatic N) is 4. The molecule has 20 heavy (non-hydrogen) atoms. The van der Waals surface area contributed by atoms with Crippen LogP contribution in [-0.4, -0.2) is 51.8 Å². The van der Waals surface area contributed by atoms with E-state index in [2.05, 4.69) is 44.8 Å². The Labute approximate surface area is 130 Å². The van der Waals surface area contributed by atoms with E-state index in [1.165, 1.54) is 61.3 Å². The van der Waals surface area contributed by atoms with Gasteiger partial charge in [0.15, 0.2) is 0 Å². The third kappa shape index (κ3) is 2.81. The van der Waals surface area contributed by atoms with E-state index in [1.807, 2.05) is 4.68 Å². The van der Waals surface area contributed by atoms with E-state index in [0.29, 0.717) is 0 Å². The average Bonchev–Trinajstić information content (AvgIpc) is 3.14. The van der Waals surface area contributed by atoms with Crippen LogP contribution in [0.2, 0.25) is 0 Å². The molecule has 3 heterocycles. The Bertz CT molecular complexity index is 465. The summed E-state index contributed by atoms with van der Waals surface area (Å²) >= 11 is 3.73. The van der Waals surface area contributed by atoms with Crippen LogP contribution in [0.5, 0.6) is 0 Å². The molecule has 0 N–H and O–H groups in total. The first-order chi connectivity index (χ1) is 9.69. The minimum absolute atomic E-state index is 0.787. The van der Waals surface area contributed by atoms with Crippen molar-refractivity contribution in [2.75, 3.05) is 26.2 Å². The van der Waals surface area contributed by atoms with Crippen LogP contribution in [0.1, 0.15) is 37.6 Å². The van der Waals surface area contributed by atoms with Crippen molar-refractivity contribution in [3.63, 3.8) is 0 Å². The minimum Gasteiger partial charge on any atom is -0.299 e. The Morgan fingerprint density at radius 2 is 2.00 bits per heavy atom. The van der Waals surface area contributed by atoms with Crippen molar-refractivity contribution in [1.29, 1.82) is 0 Å². The lowest BCUT2D eigenvalue weighted by atomic mass is 10.2. The maximum Gasteiger partial charge on any atom is 0.0767 e. The molecule has 0 aromatic carbocycles. The summed E-state index contributed by atoms with van der Waals surface area (Å²) < 4.78 is 3.26. The Kier molecular flexibility index (Phi) is 4.48. The summed E-state index contributed by atoms with van der Waals surface area (Å²) in [6.45, 7) is 8.26. The summed E-state index contributed by atoms with van der Waals surface area (Å²) in [6.07, 6.45) is 5.11. The second-order valence-corrected chi connectivity index (χ2v) is 6.90. The van der Waals surface area contributed by atoms with Gasteiger partial charge in [0.2, 0.25) is 0 Å². The highest BCUT2D eigenvalue weighted by Gasteiger charge is 2.30. The van der Waals surface area contributed by atoms with Gasteiger partial charge in [-0.1, -0.05) is 6.92 Å². The van der Waals surface area contributed by atoms with Gasteiger partial charge < -0.3 is 0 Å². The minimum atomic E-state index is 0.787. The molecule has 0 spiro atoms. The summed E-state index contributed by atoms with van der Waals surface area (Å²) in [5.41, 5.74) is 2.50. The molecule has 0 amide bonds. The maximum absolute atomic E-state index is 4.60. The van der Waals surface area contributed by atoms with E-state index < -0.39 is 0 Å². The number of aryl methyl sites for hydroxylation is 2. The zero-order valence-corrected chi connectivity index (χ0v) is 14.2. The number of rotatable bonds is 4. The van der Waals surface area contributed by atoms with Gasteiger partial charge in [-0.15, -0.1) is 0 Å². The Balaban J connectivity index is 1.63. The summed E-state index contributed by atoms with van der Waals surface area (Å²) in [7, 11) is 2.06. The number of aromatic nitrogens is 2. The van der Waals surface area contributed by atoms with E-state index >= 15 is 0 Å². The topological polar surface area (TPSA) is 24.3 Å². The zero-order chi connectivity index (χ0) is 14.1. The lowest BCUT2D eigenvalue weighted by Gasteiger charge is -2.23. The molecule has 1 aromatic heterocycles. The van der Waals surface area contributed by atoms with Crippen LogP contribution in [-0.2, 0) is 20.0 Å². The van der Waals surface area contributed by atoms with Gasteiger partial charge in [0.1, 0.15) is 0 Å². The largest absolute Gasteiger partial charge is 0.299 e. The summed E-state index contributed by atoms with van der Waals surface area (Å²) in [5, 5.41) is 4.60. The van der Waals surface area contributed by atoms with Crippen LogP contribution in [0, 0.1) is 0 Å². The van der Waals surface area contributed by atoms with Crippen LogP contribution in [0.3, 0.4) is 0 Å². The van der Waals surface area contributed by atoms with Gasteiger partial charge in [-0.3, -0.25) is 14.5 Å².